The molecular formula is C14H18O5. The molecule has 0 heterocycles. The number of aliphatic carboxylic acids is 1. The molecule has 0 aromatic heterocycles. The number of hydrogen-bond acceptors (Lipinski definition) is 4. The zero-order valence-corrected chi connectivity index (χ0v) is 11.1. The lowest BCUT2D eigenvalue weighted by Gasteiger charge is -2.37. The Labute approximate surface area is 111 Å². The van der Waals surface area contributed by atoms with Crippen molar-refractivity contribution in [3.63, 3.8) is 0 Å². The van der Waals surface area contributed by atoms with Gasteiger partial charge in [-0.05, 0) is 31.4 Å². The summed E-state index contributed by atoms with van der Waals surface area (Å²) in [5, 5.41) is 19.2. The first kappa shape index (κ1) is 13.5. The summed E-state index contributed by atoms with van der Waals surface area (Å²) >= 11 is 0. The van der Waals surface area contributed by atoms with Gasteiger partial charge in [-0.2, -0.15) is 0 Å². The lowest BCUT2D eigenvalue weighted by molar-refractivity contribution is -0.157. The van der Waals surface area contributed by atoms with Crippen molar-refractivity contribution in [3.05, 3.63) is 17.7 Å². The van der Waals surface area contributed by atoms with Gasteiger partial charge in [0.05, 0.1) is 7.11 Å². The van der Waals surface area contributed by atoms with Gasteiger partial charge in [-0.3, -0.25) is 4.79 Å². The Morgan fingerprint density at radius 1 is 1.42 bits per heavy atom. The van der Waals surface area contributed by atoms with Crippen LogP contribution in [0.4, 0.5) is 0 Å². The number of methoxy groups -OCH3 is 1. The highest BCUT2D eigenvalue weighted by Gasteiger charge is 2.45. The first-order valence-corrected chi connectivity index (χ1v) is 6.23. The average molecular weight is 266 g/mol. The van der Waals surface area contributed by atoms with Crippen molar-refractivity contribution in [1.82, 2.24) is 0 Å². The van der Waals surface area contributed by atoms with Gasteiger partial charge in [0.2, 0.25) is 5.75 Å². The number of carbonyl (C=O) groups is 1. The van der Waals surface area contributed by atoms with Crippen molar-refractivity contribution in [1.29, 1.82) is 0 Å². The number of hydrogen-bond donors (Lipinski definition) is 2. The number of ether oxygens (including phenoxy) is 2. The summed E-state index contributed by atoms with van der Waals surface area (Å²) in [6, 6.07) is 3.41. The third-order valence-corrected chi connectivity index (χ3v) is 3.77. The van der Waals surface area contributed by atoms with Crippen LogP contribution < -0.4 is 9.47 Å². The molecule has 1 aromatic rings. The standard InChI is InChI=1S/C14H18O5/c1-9-4-5-10(18-2)11(15)12(9)19-8-14(13(16)17)6-3-7-14/h4-5,15H,3,6-8H2,1-2H3,(H,16,17). The van der Waals surface area contributed by atoms with Gasteiger partial charge >= 0.3 is 5.97 Å². The monoisotopic (exact) mass is 266 g/mol. The Bertz CT molecular complexity index is 491. The quantitative estimate of drug-likeness (QED) is 0.855. The summed E-state index contributed by atoms with van der Waals surface area (Å²) in [5.74, 6) is -0.299. The van der Waals surface area contributed by atoms with Crippen molar-refractivity contribution >= 4 is 5.97 Å². The zero-order chi connectivity index (χ0) is 14.0. The summed E-state index contributed by atoms with van der Waals surface area (Å²) in [6.45, 7) is 1.87. The normalized spacial score (nSPS) is 16.5. The molecule has 104 valence electrons. The fourth-order valence-electron chi connectivity index (χ4n) is 2.23. The van der Waals surface area contributed by atoms with Gasteiger partial charge in [0.15, 0.2) is 11.5 Å². The van der Waals surface area contributed by atoms with Crippen LogP contribution in [0.2, 0.25) is 0 Å². The Hall–Kier alpha value is -1.91. The number of carboxylic acid groups (broad SMARTS) is 1. The van der Waals surface area contributed by atoms with E-state index in [1.807, 2.05) is 0 Å². The van der Waals surface area contributed by atoms with Crippen LogP contribution in [0, 0.1) is 12.3 Å². The molecule has 1 fully saturated rings. The molecule has 0 spiro atoms. The van der Waals surface area contributed by atoms with Crippen molar-refractivity contribution in [2.24, 2.45) is 5.41 Å². The highest BCUT2D eigenvalue weighted by atomic mass is 16.5. The number of phenolic OH excluding ortho intramolecular Hbond substituents is 1. The highest BCUT2D eigenvalue weighted by Crippen LogP contribution is 2.44. The molecule has 0 saturated heterocycles. The number of phenols is 1. The van der Waals surface area contributed by atoms with Crippen molar-refractivity contribution in [3.8, 4) is 17.2 Å². The van der Waals surface area contributed by atoms with E-state index in [1.165, 1.54) is 7.11 Å². The molecule has 0 bridgehead atoms. The summed E-state index contributed by atoms with van der Waals surface area (Å²) < 4.78 is 10.6. The highest BCUT2D eigenvalue weighted by molar-refractivity contribution is 5.76. The van der Waals surface area contributed by atoms with Crippen LogP contribution in [0.25, 0.3) is 0 Å². The Kier molecular flexibility index (Phi) is 3.55. The van der Waals surface area contributed by atoms with Crippen LogP contribution in [-0.4, -0.2) is 29.9 Å². The topological polar surface area (TPSA) is 76.0 Å². The lowest BCUT2D eigenvalue weighted by atomic mass is 9.69. The molecule has 0 amide bonds. The Balaban J connectivity index is 2.17. The van der Waals surface area contributed by atoms with E-state index in [0.29, 0.717) is 24.3 Å². The SMILES string of the molecule is COc1ccc(C)c(OCC2(C(=O)O)CCC2)c1O. The van der Waals surface area contributed by atoms with E-state index in [0.717, 1.165) is 12.0 Å². The molecule has 2 N–H and O–H groups in total. The number of aryl methyl sites for hydroxylation is 1. The maximum absolute atomic E-state index is 11.3. The fraction of sp³-hybridized carbons (Fsp3) is 0.500. The maximum Gasteiger partial charge on any atom is 0.313 e. The number of benzene rings is 1. The minimum Gasteiger partial charge on any atom is -0.502 e. The van der Waals surface area contributed by atoms with Crippen LogP contribution in [0.5, 0.6) is 17.2 Å². The van der Waals surface area contributed by atoms with Gasteiger partial charge in [-0.25, -0.2) is 0 Å². The second-order valence-corrected chi connectivity index (χ2v) is 4.99. The smallest absolute Gasteiger partial charge is 0.313 e. The zero-order valence-electron chi connectivity index (χ0n) is 11.1. The molecule has 1 aromatic carbocycles. The second-order valence-electron chi connectivity index (χ2n) is 4.99. The van der Waals surface area contributed by atoms with Gasteiger partial charge in [0.25, 0.3) is 0 Å². The van der Waals surface area contributed by atoms with Crippen LogP contribution in [0.3, 0.4) is 0 Å². The predicted octanol–water partition coefficient (Wildman–Crippen LogP) is 2.34. The van der Waals surface area contributed by atoms with Gasteiger partial charge in [0.1, 0.15) is 12.0 Å². The van der Waals surface area contributed by atoms with Crippen LogP contribution in [0.1, 0.15) is 24.8 Å². The molecule has 19 heavy (non-hydrogen) atoms. The third kappa shape index (κ3) is 2.32. The van der Waals surface area contributed by atoms with Crippen molar-refractivity contribution in [2.45, 2.75) is 26.2 Å². The summed E-state index contributed by atoms with van der Waals surface area (Å²) in [5.41, 5.74) is -0.0553. The predicted molar refractivity (Wildman–Crippen MR) is 68.8 cm³/mol. The molecule has 1 aliphatic rings. The summed E-state index contributed by atoms with van der Waals surface area (Å²) in [7, 11) is 1.46. The molecular weight excluding hydrogens is 248 g/mol. The molecule has 0 aliphatic heterocycles. The van der Waals surface area contributed by atoms with Gasteiger partial charge in [0, 0.05) is 0 Å². The number of carboxylic acids is 1. The van der Waals surface area contributed by atoms with E-state index >= 15 is 0 Å². The molecule has 1 saturated carbocycles. The van der Waals surface area contributed by atoms with E-state index in [2.05, 4.69) is 0 Å². The van der Waals surface area contributed by atoms with Gasteiger partial charge < -0.3 is 19.7 Å². The minimum absolute atomic E-state index is 0.0733. The molecule has 0 radical (unpaired) electrons. The molecule has 5 heteroatoms. The van der Waals surface area contributed by atoms with Crippen molar-refractivity contribution < 1.29 is 24.5 Å². The molecule has 0 unspecified atom stereocenters. The molecule has 0 atom stereocenters. The Morgan fingerprint density at radius 2 is 2.11 bits per heavy atom. The second kappa shape index (κ2) is 4.99. The Morgan fingerprint density at radius 3 is 2.58 bits per heavy atom. The largest absolute Gasteiger partial charge is 0.502 e. The molecule has 1 aliphatic carbocycles. The van der Waals surface area contributed by atoms with Crippen LogP contribution in [0.15, 0.2) is 12.1 Å². The lowest BCUT2D eigenvalue weighted by Crippen LogP contribution is -2.43. The van der Waals surface area contributed by atoms with Crippen LogP contribution in [-0.2, 0) is 4.79 Å². The van der Waals surface area contributed by atoms with E-state index in [4.69, 9.17) is 9.47 Å². The average Bonchev–Trinajstić information content (AvgIpc) is 2.31. The van der Waals surface area contributed by atoms with Gasteiger partial charge in [-0.1, -0.05) is 12.5 Å². The fourth-order valence-corrected chi connectivity index (χ4v) is 2.23. The first-order chi connectivity index (χ1) is 9.00. The van der Waals surface area contributed by atoms with E-state index in [1.54, 1.807) is 19.1 Å². The summed E-state index contributed by atoms with van der Waals surface area (Å²) in [6.07, 6.45) is 2.14. The van der Waals surface area contributed by atoms with E-state index in [-0.39, 0.29) is 12.4 Å². The van der Waals surface area contributed by atoms with E-state index in [9.17, 15) is 15.0 Å². The van der Waals surface area contributed by atoms with Gasteiger partial charge in [-0.15, -0.1) is 0 Å². The van der Waals surface area contributed by atoms with Crippen LogP contribution >= 0.6 is 0 Å². The van der Waals surface area contributed by atoms with Crippen molar-refractivity contribution in [2.75, 3.05) is 13.7 Å². The number of aromatic hydroxyl groups is 1. The first-order valence-electron chi connectivity index (χ1n) is 6.23. The maximum atomic E-state index is 11.3. The third-order valence-electron chi connectivity index (χ3n) is 3.77. The minimum atomic E-state index is -0.834. The number of rotatable bonds is 5. The van der Waals surface area contributed by atoms with E-state index < -0.39 is 11.4 Å². The molecule has 5 nitrogen and oxygen atoms in total. The summed E-state index contributed by atoms with van der Waals surface area (Å²) in [4.78, 5) is 11.3. The molecule has 2 rings (SSSR count).